The fourth-order valence-corrected chi connectivity index (χ4v) is 3.38. The predicted octanol–water partition coefficient (Wildman–Crippen LogP) is 3.45. The van der Waals surface area contributed by atoms with Gasteiger partial charge in [-0.2, -0.15) is 13.2 Å². The summed E-state index contributed by atoms with van der Waals surface area (Å²) in [7, 11) is 1.62. The van der Waals surface area contributed by atoms with Gasteiger partial charge < -0.3 is 20.3 Å². The van der Waals surface area contributed by atoms with Gasteiger partial charge in [-0.3, -0.25) is 4.99 Å². The lowest BCUT2D eigenvalue weighted by Gasteiger charge is -2.34. The highest BCUT2D eigenvalue weighted by Gasteiger charge is 2.35. The van der Waals surface area contributed by atoms with E-state index in [9.17, 15) is 17.6 Å². The summed E-state index contributed by atoms with van der Waals surface area (Å²) in [6.07, 6.45) is -1.57. The Bertz CT molecular complexity index is 882. The summed E-state index contributed by atoms with van der Waals surface area (Å²) in [5.41, 5.74) is -0.0339. The molecule has 0 aliphatic carbocycles. The van der Waals surface area contributed by atoms with E-state index in [1.54, 1.807) is 13.1 Å². The average Bonchev–Trinajstić information content (AvgIpc) is 2.76. The molecule has 10 heteroatoms. The highest BCUT2D eigenvalue weighted by molar-refractivity contribution is 5.80. The quantitative estimate of drug-likeness (QED) is 0.313. The first-order chi connectivity index (χ1) is 14.9. The molecule has 1 aliphatic rings. The minimum absolute atomic E-state index is 0.00118. The van der Waals surface area contributed by atoms with E-state index in [-0.39, 0.29) is 25.0 Å². The molecule has 0 saturated carbocycles. The molecule has 0 bridgehead atoms. The normalized spacial score (nSPS) is 15.6. The smallest absolute Gasteiger partial charge is 0.421 e. The topological polar surface area (TPSA) is 61.8 Å². The molecule has 0 spiro atoms. The first-order valence-electron chi connectivity index (χ1n) is 9.99. The van der Waals surface area contributed by atoms with Crippen molar-refractivity contribution in [3.8, 4) is 5.88 Å². The maximum Gasteiger partial charge on any atom is 0.421 e. The number of rotatable bonds is 6. The van der Waals surface area contributed by atoms with Crippen molar-refractivity contribution in [3.63, 3.8) is 0 Å². The fraction of sp³-hybridized carbons (Fsp3) is 0.429. The SMILES string of the molecule is CN=C(NCCOc1ncccc1C(F)(F)F)NC1CCN(c2cccc(F)c2)CC1. The van der Waals surface area contributed by atoms with Crippen LogP contribution in [0.5, 0.6) is 5.88 Å². The monoisotopic (exact) mass is 439 g/mol. The van der Waals surface area contributed by atoms with Crippen molar-refractivity contribution < 1.29 is 22.3 Å². The van der Waals surface area contributed by atoms with Crippen LogP contribution in [0, 0.1) is 5.82 Å². The third-order valence-electron chi connectivity index (χ3n) is 4.94. The summed E-state index contributed by atoms with van der Waals surface area (Å²) in [6.45, 7) is 1.82. The van der Waals surface area contributed by atoms with Gasteiger partial charge in [0.2, 0.25) is 5.88 Å². The number of ether oxygens (including phenoxy) is 1. The average molecular weight is 439 g/mol. The highest BCUT2D eigenvalue weighted by atomic mass is 19.4. The molecular weight excluding hydrogens is 414 g/mol. The molecule has 31 heavy (non-hydrogen) atoms. The zero-order valence-corrected chi connectivity index (χ0v) is 17.1. The molecular formula is C21H25F4N5O. The number of guanidine groups is 1. The van der Waals surface area contributed by atoms with Gasteiger partial charge in [0, 0.05) is 38.1 Å². The number of piperidine rings is 1. The summed E-state index contributed by atoms with van der Waals surface area (Å²) >= 11 is 0. The zero-order chi connectivity index (χ0) is 22.3. The summed E-state index contributed by atoms with van der Waals surface area (Å²) in [5, 5.41) is 6.35. The van der Waals surface area contributed by atoms with Crippen LogP contribution in [0.15, 0.2) is 47.6 Å². The second kappa shape index (κ2) is 10.3. The van der Waals surface area contributed by atoms with E-state index in [2.05, 4.69) is 25.5 Å². The van der Waals surface area contributed by atoms with Crippen LogP contribution in [0.4, 0.5) is 23.2 Å². The molecule has 0 atom stereocenters. The lowest BCUT2D eigenvalue weighted by molar-refractivity contribution is -0.139. The van der Waals surface area contributed by atoms with Crippen LogP contribution < -0.4 is 20.3 Å². The Hall–Kier alpha value is -3.04. The van der Waals surface area contributed by atoms with Crippen molar-refractivity contribution in [2.75, 3.05) is 38.2 Å². The minimum atomic E-state index is -4.52. The first-order valence-corrected chi connectivity index (χ1v) is 9.99. The molecule has 2 heterocycles. The third kappa shape index (κ3) is 6.47. The second-order valence-electron chi connectivity index (χ2n) is 7.09. The van der Waals surface area contributed by atoms with E-state index in [4.69, 9.17) is 4.74 Å². The summed E-state index contributed by atoms with van der Waals surface area (Å²) < 4.78 is 57.5. The Morgan fingerprint density at radius 3 is 2.68 bits per heavy atom. The number of hydrogen-bond acceptors (Lipinski definition) is 4. The highest BCUT2D eigenvalue weighted by Crippen LogP contribution is 2.34. The van der Waals surface area contributed by atoms with Crippen LogP contribution in [-0.2, 0) is 6.18 Å². The van der Waals surface area contributed by atoms with Gasteiger partial charge in [0.05, 0.1) is 6.54 Å². The van der Waals surface area contributed by atoms with Gasteiger partial charge in [-0.15, -0.1) is 0 Å². The molecule has 3 rings (SSSR count). The van der Waals surface area contributed by atoms with Gasteiger partial charge in [0.1, 0.15) is 18.0 Å². The first kappa shape index (κ1) is 22.6. The number of alkyl halides is 3. The van der Waals surface area contributed by atoms with E-state index < -0.39 is 17.6 Å². The number of hydrogen-bond donors (Lipinski definition) is 2. The van der Waals surface area contributed by atoms with Gasteiger partial charge in [-0.25, -0.2) is 9.37 Å². The number of pyridine rings is 1. The fourth-order valence-electron chi connectivity index (χ4n) is 3.38. The Morgan fingerprint density at radius 1 is 1.23 bits per heavy atom. The molecule has 2 aromatic rings. The number of benzene rings is 1. The van der Waals surface area contributed by atoms with E-state index in [1.807, 2.05) is 6.07 Å². The molecule has 1 aliphatic heterocycles. The molecule has 168 valence electrons. The van der Waals surface area contributed by atoms with Crippen LogP contribution in [0.1, 0.15) is 18.4 Å². The number of nitrogens with zero attached hydrogens (tertiary/aromatic N) is 3. The molecule has 1 saturated heterocycles. The Labute approximate surface area is 178 Å². The van der Waals surface area contributed by atoms with Crippen molar-refractivity contribution in [2.24, 2.45) is 4.99 Å². The summed E-state index contributed by atoms with van der Waals surface area (Å²) in [5.74, 6) is -0.146. The lowest BCUT2D eigenvalue weighted by Crippen LogP contribution is -2.49. The van der Waals surface area contributed by atoms with E-state index in [0.717, 1.165) is 37.7 Å². The summed E-state index contributed by atoms with van der Waals surface area (Å²) in [4.78, 5) is 9.96. The third-order valence-corrected chi connectivity index (χ3v) is 4.94. The summed E-state index contributed by atoms with van der Waals surface area (Å²) in [6, 6.07) is 8.89. The minimum Gasteiger partial charge on any atom is -0.475 e. The van der Waals surface area contributed by atoms with Gasteiger partial charge in [-0.05, 0) is 43.2 Å². The van der Waals surface area contributed by atoms with Crippen LogP contribution >= 0.6 is 0 Å². The van der Waals surface area contributed by atoms with Gasteiger partial charge in [0.25, 0.3) is 0 Å². The molecule has 0 amide bonds. The zero-order valence-electron chi connectivity index (χ0n) is 17.1. The van der Waals surface area contributed by atoms with Gasteiger partial charge in [-0.1, -0.05) is 6.07 Å². The van der Waals surface area contributed by atoms with E-state index in [0.29, 0.717) is 5.96 Å². The second-order valence-corrected chi connectivity index (χ2v) is 7.09. The molecule has 1 fully saturated rings. The molecule has 0 radical (unpaired) electrons. The van der Waals surface area contributed by atoms with Crippen LogP contribution in [0.25, 0.3) is 0 Å². The van der Waals surface area contributed by atoms with Crippen molar-refractivity contribution in [3.05, 3.63) is 54.0 Å². The van der Waals surface area contributed by atoms with Crippen LogP contribution in [-0.4, -0.2) is 50.3 Å². The molecule has 6 nitrogen and oxygen atoms in total. The van der Waals surface area contributed by atoms with Crippen molar-refractivity contribution in [1.29, 1.82) is 0 Å². The molecule has 2 N–H and O–H groups in total. The van der Waals surface area contributed by atoms with Crippen LogP contribution in [0.2, 0.25) is 0 Å². The predicted molar refractivity (Wildman–Crippen MR) is 111 cm³/mol. The maximum atomic E-state index is 13.4. The molecule has 1 aromatic heterocycles. The maximum absolute atomic E-state index is 13.4. The number of anilines is 1. The number of aromatic nitrogens is 1. The Morgan fingerprint density at radius 2 is 2.00 bits per heavy atom. The largest absolute Gasteiger partial charge is 0.475 e. The van der Waals surface area contributed by atoms with E-state index >= 15 is 0 Å². The lowest BCUT2D eigenvalue weighted by atomic mass is 10.0. The molecule has 1 aromatic carbocycles. The van der Waals surface area contributed by atoms with Crippen molar-refractivity contribution in [2.45, 2.75) is 25.1 Å². The van der Waals surface area contributed by atoms with Crippen molar-refractivity contribution >= 4 is 11.6 Å². The number of aliphatic imine (C=N–C) groups is 1. The van der Waals surface area contributed by atoms with Gasteiger partial charge >= 0.3 is 6.18 Å². The standard InChI is InChI=1S/C21H25F4N5O/c1-26-20(28-10-13-31-19-18(21(23,24)25)6-3-9-27-19)29-16-7-11-30(12-8-16)17-5-2-4-15(22)14-17/h2-6,9,14,16H,7-8,10-13H2,1H3,(H2,26,28,29). The van der Waals surface area contributed by atoms with Gasteiger partial charge in [0.15, 0.2) is 5.96 Å². The number of halogens is 4. The van der Waals surface area contributed by atoms with Crippen molar-refractivity contribution in [1.82, 2.24) is 15.6 Å². The number of nitrogens with one attached hydrogen (secondary N) is 2. The van der Waals surface area contributed by atoms with Crippen LogP contribution in [0.3, 0.4) is 0 Å². The molecule has 0 unspecified atom stereocenters. The Kier molecular flexibility index (Phi) is 7.54. The van der Waals surface area contributed by atoms with E-state index in [1.165, 1.54) is 24.4 Å². The Balaban J connectivity index is 1.42.